The summed E-state index contributed by atoms with van der Waals surface area (Å²) in [6.07, 6.45) is 6.19. The minimum Gasteiger partial charge on any atom is -0.369 e. The molecule has 4 rings (SSSR count). The molecule has 7 nitrogen and oxygen atoms in total. The lowest BCUT2D eigenvalue weighted by atomic mass is 10.2. The van der Waals surface area contributed by atoms with Gasteiger partial charge in [-0.3, -0.25) is 9.67 Å². The average molecular weight is 351 g/mol. The van der Waals surface area contributed by atoms with Crippen LogP contribution in [0.4, 0.5) is 5.82 Å². The lowest BCUT2D eigenvalue weighted by Crippen LogP contribution is -2.08. The number of pyridine rings is 1. The average Bonchev–Trinajstić information content (AvgIpc) is 3.22. The highest BCUT2D eigenvalue weighted by Crippen LogP contribution is 2.24. The molecule has 0 saturated heterocycles. The summed E-state index contributed by atoms with van der Waals surface area (Å²) in [6.45, 7) is 2.82. The molecule has 1 N–H and O–H groups in total. The number of aryl methyl sites for hydroxylation is 2. The zero-order chi connectivity index (χ0) is 17.2. The van der Waals surface area contributed by atoms with Gasteiger partial charge in [0, 0.05) is 42.8 Å². The minimum absolute atomic E-state index is 0.662. The van der Waals surface area contributed by atoms with E-state index in [1.54, 1.807) is 34.6 Å². The Kier molecular flexibility index (Phi) is 4.10. The minimum atomic E-state index is 0.662. The van der Waals surface area contributed by atoms with E-state index in [0.717, 1.165) is 41.1 Å². The third-order valence-corrected chi connectivity index (χ3v) is 5.01. The van der Waals surface area contributed by atoms with Crippen LogP contribution < -0.4 is 5.32 Å². The molecule has 0 aromatic carbocycles. The molecule has 0 aliphatic carbocycles. The molecule has 0 aliphatic rings. The van der Waals surface area contributed by atoms with Crippen LogP contribution in [0.1, 0.15) is 10.6 Å². The Hall–Kier alpha value is -2.87. The maximum absolute atomic E-state index is 4.71. The quantitative estimate of drug-likeness (QED) is 0.595. The van der Waals surface area contributed by atoms with Crippen LogP contribution in [0.25, 0.3) is 22.4 Å². The van der Waals surface area contributed by atoms with E-state index in [1.165, 1.54) is 4.88 Å². The fraction of sp³-hybridized carbons (Fsp3) is 0.235. The van der Waals surface area contributed by atoms with E-state index in [9.17, 15) is 0 Å². The van der Waals surface area contributed by atoms with Crippen molar-refractivity contribution >= 4 is 28.2 Å². The Bertz CT molecular complexity index is 1010. The predicted molar refractivity (Wildman–Crippen MR) is 98.6 cm³/mol. The lowest BCUT2D eigenvalue weighted by molar-refractivity contribution is 0.786. The number of hydrogen-bond acceptors (Lipinski definition) is 7. The first-order chi connectivity index (χ1) is 12.2. The summed E-state index contributed by atoms with van der Waals surface area (Å²) in [4.78, 5) is 19.0. The SMILES string of the molecule is Cc1ncsc1CCNc1nc(-c2ccncc2)nc2c1cnn2C. The Labute approximate surface area is 148 Å². The highest BCUT2D eigenvalue weighted by Gasteiger charge is 2.13. The first-order valence-corrected chi connectivity index (χ1v) is 8.83. The van der Waals surface area contributed by atoms with E-state index in [4.69, 9.17) is 4.98 Å². The molecule has 0 unspecified atom stereocenters. The van der Waals surface area contributed by atoms with Crippen LogP contribution in [0.5, 0.6) is 0 Å². The molecule has 0 atom stereocenters. The van der Waals surface area contributed by atoms with Gasteiger partial charge < -0.3 is 5.32 Å². The maximum Gasteiger partial charge on any atom is 0.164 e. The molecular weight excluding hydrogens is 334 g/mol. The third kappa shape index (κ3) is 3.08. The molecule has 0 spiro atoms. The van der Waals surface area contributed by atoms with Crippen molar-refractivity contribution in [2.24, 2.45) is 7.05 Å². The van der Waals surface area contributed by atoms with Gasteiger partial charge in [0.05, 0.1) is 22.8 Å². The topological polar surface area (TPSA) is 81.4 Å². The van der Waals surface area contributed by atoms with Gasteiger partial charge in [-0.1, -0.05) is 0 Å². The highest BCUT2D eigenvalue weighted by molar-refractivity contribution is 7.09. The van der Waals surface area contributed by atoms with Crippen molar-refractivity contribution in [2.45, 2.75) is 13.3 Å². The first-order valence-electron chi connectivity index (χ1n) is 7.95. The molecule has 4 heterocycles. The monoisotopic (exact) mass is 351 g/mol. The summed E-state index contributed by atoms with van der Waals surface area (Å²) in [5.74, 6) is 1.46. The Morgan fingerprint density at radius 1 is 1.20 bits per heavy atom. The fourth-order valence-corrected chi connectivity index (χ4v) is 3.43. The highest BCUT2D eigenvalue weighted by atomic mass is 32.1. The molecule has 0 saturated carbocycles. The summed E-state index contributed by atoms with van der Waals surface area (Å²) < 4.78 is 1.76. The molecule has 4 aromatic heterocycles. The second kappa shape index (κ2) is 6.56. The molecule has 4 aromatic rings. The molecule has 0 amide bonds. The van der Waals surface area contributed by atoms with E-state index in [-0.39, 0.29) is 0 Å². The first kappa shape index (κ1) is 15.6. The summed E-state index contributed by atoms with van der Waals surface area (Å²) in [5.41, 5.74) is 4.71. The van der Waals surface area contributed by atoms with Crippen LogP contribution in [0.3, 0.4) is 0 Å². The Morgan fingerprint density at radius 2 is 2.04 bits per heavy atom. The second-order valence-electron chi connectivity index (χ2n) is 5.67. The molecule has 126 valence electrons. The van der Waals surface area contributed by atoms with Crippen molar-refractivity contribution in [3.8, 4) is 11.4 Å². The van der Waals surface area contributed by atoms with E-state index in [0.29, 0.717) is 5.82 Å². The summed E-state index contributed by atoms with van der Waals surface area (Å²) >= 11 is 1.69. The number of anilines is 1. The molecule has 0 radical (unpaired) electrons. The van der Waals surface area contributed by atoms with Gasteiger partial charge in [0.15, 0.2) is 11.5 Å². The van der Waals surface area contributed by atoms with Crippen molar-refractivity contribution < 1.29 is 0 Å². The van der Waals surface area contributed by atoms with Crippen LogP contribution in [0.2, 0.25) is 0 Å². The number of nitrogens with one attached hydrogen (secondary N) is 1. The summed E-state index contributed by atoms with van der Waals surface area (Å²) in [6, 6.07) is 3.81. The number of aromatic nitrogens is 6. The van der Waals surface area contributed by atoms with Crippen LogP contribution in [-0.4, -0.2) is 36.3 Å². The van der Waals surface area contributed by atoms with Gasteiger partial charge in [-0.2, -0.15) is 5.10 Å². The van der Waals surface area contributed by atoms with Gasteiger partial charge in [0.2, 0.25) is 0 Å². The molecular formula is C17H17N7S. The van der Waals surface area contributed by atoms with E-state index in [1.807, 2.05) is 31.6 Å². The second-order valence-corrected chi connectivity index (χ2v) is 6.61. The van der Waals surface area contributed by atoms with Gasteiger partial charge in [-0.05, 0) is 19.1 Å². The van der Waals surface area contributed by atoms with Gasteiger partial charge in [0.1, 0.15) is 5.82 Å². The smallest absolute Gasteiger partial charge is 0.164 e. The molecule has 0 aliphatic heterocycles. The fourth-order valence-electron chi connectivity index (χ4n) is 2.65. The molecule has 25 heavy (non-hydrogen) atoms. The Balaban J connectivity index is 1.66. The Morgan fingerprint density at radius 3 is 2.80 bits per heavy atom. The lowest BCUT2D eigenvalue weighted by Gasteiger charge is -2.09. The van der Waals surface area contributed by atoms with E-state index in [2.05, 4.69) is 25.4 Å². The van der Waals surface area contributed by atoms with Gasteiger partial charge in [-0.15, -0.1) is 11.3 Å². The molecule has 0 fully saturated rings. The van der Waals surface area contributed by atoms with Crippen LogP contribution >= 0.6 is 11.3 Å². The largest absolute Gasteiger partial charge is 0.369 e. The third-order valence-electron chi connectivity index (χ3n) is 4.02. The summed E-state index contributed by atoms with van der Waals surface area (Å²) in [7, 11) is 1.89. The number of nitrogens with zero attached hydrogens (tertiary/aromatic N) is 6. The zero-order valence-corrected chi connectivity index (χ0v) is 14.8. The van der Waals surface area contributed by atoms with Crippen LogP contribution in [-0.2, 0) is 13.5 Å². The van der Waals surface area contributed by atoms with E-state index >= 15 is 0 Å². The van der Waals surface area contributed by atoms with Crippen molar-refractivity contribution in [2.75, 3.05) is 11.9 Å². The van der Waals surface area contributed by atoms with Crippen molar-refractivity contribution in [3.63, 3.8) is 0 Å². The predicted octanol–water partition coefficient (Wildman–Crippen LogP) is 2.84. The number of fused-ring (bicyclic) bond motifs is 1. The van der Waals surface area contributed by atoms with Crippen LogP contribution in [0.15, 0.2) is 36.2 Å². The van der Waals surface area contributed by atoms with Crippen molar-refractivity contribution in [3.05, 3.63) is 46.8 Å². The van der Waals surface area contributed by atoms with Gasteiger partial charge in [0.25, 0.3) is 0 Å². The summed E-state index contributed by atoms with van der Waals surface area (Å²) in [5, 5.41) is 8.67. The standard InChI is InChI=1S/C17H17N7S/c1-11-14(25-10-20-11)5-8-19-16-13-9-21-24(2)17(13)23-15(22-16)12-3-6-18-7-4-12/h3-4,6-7,9-10H,5,8H2,1-2H3,(H,19,22,23). The number of hydrogen-bond donors (Lipinski definition) is 1. The van der Waals surface area contributed by atoms with Crippen LogP contribution in [0, 0.1) is 6.92 Å². The van der Waals surface area contributed by atoms with Crippen molar-refractivity contribution in [1.82, 2.24) is 29.7 Å². The molecule has 0 bridgehead atoms. The van der Waals surface area contributed by atoms with E-state index < -0.39 is 0 Å². The normalized spacial score (nSPS) is 11.1. The zero-order valence-electron chi connectivity index (χ0n) is 14.0. The van der Waals surface area contributed by atoms with Gasteiger partial charge in [-0.25, -0.2) is 15.0 Å². The number of thiazole rings is 1. The maximum atomic E-state index is 4.71. The van der Waals surface area contributed by atoms with Gasteiger partial charge >= 0.3 is 0 Å². The molecule has 8 heteroatoms. The van der Waals surface area contributed by atoms with Crippen molar-refractivity contribution in [1.29, 1.82) is 0 Å². The number of rotatable bonds is 5.